The van der Waals surface area contributed by atoms with Crippen molar-refractivity contribution >= 4 is 5.78 Å². The minimum atomic E-state index is 0.149. The highest BCUT2D eigenvalue weighted by Crippen LogP contribution is 2.24. The predicted octanol–water partition coefficient (Wildman–Crippen LogP) is 1.99. The van der Waals surface area contributed by atoms with Crippen molar-refractivity contribution in [1.82, 2.24) is 4.90 Å². The number of ketones is 1. The van der Waals surface area contributed by atoms with Crippen LogP contribution in [0.2, 0.25) is 0 Å². The third-order valence-electron chi connectivity index (χ3n) is 2.20. The second kappa shape index (κ2) is 3.77. The Kier molecular flexibility index (Phi) is 2.91. The van der Waals surface area contributed by atoms with Crippen LogP contribution in [0.5, 0.6) is 0 Å². The minimum absolute atomic E-state index is 0.149. The van der Waals surface area contributed by atoms with Gasteiger partial charge in [0.15, 0.2) is 5.78 Å². The maximum Gasteiger partial charge on any atom is 0.161 e. The van der Waals surface area contributed by atoms with Crippen LogP contribution in [0.4, 0.5) is 0 Å². The second-order valence-electron chi connectivity index (χ2n) is 3.96. The van der Waals surface area contributed by atoms with E-state index in [4.69, 9.17) is 0 Å². The largest absolute Gasteiger partial charge is 0.383 e. The Balaban J connectivity index is 2.89. The summed E-state index contributed by atoms with van der Waals surface area (Å²) in [6.45, 7) is 3.88. The van der Waals surface area contributed by atoms with Crippen molar-refractivity contribution in [3.8, 4) is 0 Å². The first-order chi connectivity index (χ1) is 6.00. The van der Waals surface area contributed by atoms with E-state index in [1.807, 2.05) is 38.9 Å². The van der Waals surface area contributed by atoms with Crippen LogP contribution in [0, 0.1) is 5.92 Å². The molecule has 13 heavy (non-hydrogen) atoms. The average molecular weight is 179 g/mol. The molecule has 72 valence electrons. The van der Waals surface area contributed by atoms with Gasteiger partial charge in [-0.3, -0.25) is 4.79 Å². The predicted molar refractivity (Wildman–Crippen MR) is 54.3 cm³/mol. The Morgan fingerprint density at radius 3 is 2.62 bits per heavy atom. The molecule has 2 heteroatoms. The summed E-state index contributed by atoms with van der Waals surface area (Å²) < 4.78 is 0. The fourth-order valence-electron chi connectivity index (χ4n) is 1.66. The molecule has 0 saturated carbocycles. The van der Waals surface area contributed by atoms with E-state index >= 15 is 0 Å². The lowest BCUT2D eigenvalue weighted by Crippen LogP contribution is -2.18. The SMILES string of the molecule is CC1=CC(=CN(C)C)CC(C)C1=O. The molecule has 0 N–H and O–H groups in total. The molecule has 1 atom stereocenters. The van der Waals surface area contributed by atoms with Crippen molar-refractivity contribution in [2.75, 3.05) is 14.1 Å². The number of allylic oxidation sites excluding steroid dienone is 3. The number of nitrogens with zero attached hydrogens (tertiary/aromatic N) is 1. The van der Waals surface area contributed by atoms with Gasteiger partial charge in [-0.15, -0.1) is 0 Å². The van der Waals surface area contributed by atoms with Crippen LogP contribution in [-0.4, -0.2) is 24.8 Å². The van der Waals surface area contributed by atoms with Gasteiger partial charge in [0.05, 0.1) is 0 Å². The van der Waals surface area contributed by atoms with Crippen LogP contribution >= 0.6 is 0 Å². The molecular formula is C11H17NO. The Morgan fingerprint density at radius 2 is 2.15 bits per heavy atom. The summed E-state index contributed by atoms with van der Waals surface area (Å²) in [5.41, 5.74) is 2.13. The van der Waals surface area contributed by atoms with E-state index in [0.717, 1.165) is 12.0 Å². The maximum atomic E-state index is 11.4. The topological polar surface area (TPSA) is 20.3 Å². The van der Waals surface area contributed by atoms with Gasteiger partial charge in [-0.25, -0.2) is 0 Å². The summed E-state index contributed by atoms with van der Waals surface area (Å²) in [5, 5.41) is 0. The van der Waals surface area contributed by atoms with E-state index < -0.39 is 0 Å². The number of hydrogen-bond acceptors (Lipinski definition) is 2. The minimum Gasteiger partial charge on any atom is -0.383 e. The lowest BCUT2D eigenvalue weighted by Gasteiger charge is -2.19. The molecular weight excluding hydrogens is 162 g/mol. The molecule has 0 bridgehead atoms. The molecule has 0 saturated heterocycles. The van der Waals surface area contributed by atoms with Crippen molar-refractivity contribution in [2.24, 2.45) is 5.92 Å². The molecule has 0 heterocycles. The molecule has 0 aliphatic heterocycles. The Hall–Kier alpha value is -1.05. The van der Waals surface area contributed by atoms with Gasteiger partial charge in [-0.2, -0.15) is 0 Å². The number of carbonyl (C=O) groups is 1. The van der Waals surface area contributed by atoms with Crippen LogP contribution < -0.4 is 0 Å². The standard InChI is InChI=1S/C11H17NO/c1-8-5-10(7-12(3)4)6-9(2)11(8)13/h5,7,9H,6H2,1-4H3. The lowest BCUT2D eigenvalue weighted by atomic mass is 9.87. The average Bonchev–Trinajstić information content (AvgIpc) is 1.98. The highest BCUT2D eigenvalue weighted by Gasteiger charge is 2.20. The van der Waals surface area contributed by atoms with E-state index in [-0.39, 0.29) is 11.7 Å². The lowest BCUT2D eigenvalue weighted by molar-refractivity contribution is -0.118. The summed E-state index contributed by atoms with van der Waals surface area (Å²) >= 11 is 0. The number of carbonyl (C=O) groups excluding carboxylic acids is 1. The van der Waals surface area contributed by atoms with Crippen LogP contribution in [0.1, 0.15) is 20.3 Å². The van der Waals surface area contributed by atoms with Gasteiger partial charge >= 0.3 is 0 Å². The van der Waals surface area contributed by atoms with Crippen molar-refractivity contribution in [3.05, 3.63) is 23.4 Å². The van der Waals surface area contributed by atoms with E-state index in [2.05, 4.69) is 6.20 Å². The van der Waals surface area contributed by atoms with E-state index in [1.54, 1.807) is 0 Å². The second-order valence-corrected chi connectivity index (χ2v) is 3.96. The zero-order valence-electron chi connectivity index (χ0n) is 8.79. The third-order valence-corrected chi connectivity index (χ3v) is 2.20. The van der Waals surface area contributed by atoms with E-state index in [0.29, 0.717) is 0 Å². The van der Waals surface area contributed by atoms with Crippen LogP contribution in [-0.2, 0) is 4.79 Å². The zero-order valence-corrected chi connectivity index (χ0v) is 8.79. The molecule has 1 aliphatic carbocycles. The molecule has 0 amide bonds. The quantitative estimate of drug-likeness (QED) is 0.613. The maximum absolute atomic E-state index is 11.4. The van der Waals surface area contributed by atoms with Crippen molar-refractivity contribution in [2.45, 2.75) is 20.3 Å². The molecule has 1 rings (SSSR count). The smallest absolute Gasteiger partial charge is 0.161 e. The Bertz CT molecular complexity index is 274. The molecule has 0 aromatic rings. The van der Waals surface area contributed by atoms with Crippen LogP contribution in [0.15, 0.2) is 23.4 Å². The van der Waals surface area contributed by atoms with Gasteiger partial charge in [0.1, 0.15) is 0 Å². The summed E-state index contributed by atoms with van der Waals surface area (Å²) in [4.78, 5) is 13.5. The molecule has 2 nitrogen and oxygen atoms in total. The first-order valence-electron chi connectivity index (χ1n) is 4.60. The fourth-order valence-corrected chi connectivity index (χ4v) is 1.66. The summed E-state index contributed by atoms with van der Waals surface area (Å²) in [5.74, 6) is 0.437. The van der Waals surface area contributed by atoms with Gasteiger partial charge in [0.25, 0.3) is 0 Å². The third kappa shape index (κ3) is 2.44. The molecule has 0 fully saturated rings. The van der Waals surface area contributed by atoms with E-state index in [1.165, 1.54) is 5.57 Å². The molecule has 0 aromatic heterocycles. The van der Waals surface area contributed by atoms with Crippen LogP contribution in [0.25, 0.3) is 0 Å². The van der Waals surface area contributed by atoms with Crippen LogP contribution in [0.3, 0.4) is 0 Å². The molecule has 0 radical (unpaired) electrons. The van der Waals surface area contributed by atoms with Gasteiger partial charge in [-0.1, -0.05) is 13.0 Å². The number of hydrogen-bond donors (Lipinski definition) is 0. The first kappa shape index (κ1) is 10.0. The molecule has 0 aromatic carbocycles. The van der Waals surface area contributed by atoms with Gasteiger partial charge < -0.3 is 4.90 Å². The first-order valence-corrected chi connectivity index (χ1v) is 4.60. The highest BCUT2D eigenvalue weighted by atomic mass is 16.1. The molecule has 0 spiro atoms. The van der Waals surface area contributed by atoms with Crippen molar-refractivity contribution < 1.29 is 4.79 Å². The zero-order chi connectivity index (χ0) is 10.0. The van der Waals surface area contributed by atoms with Crippen molar-refractivity contribution in [1.29, 1.82) is 0 Å². The van der Waals surface area contributed by atoms with Gasteiger partial charge in [-0.05, 0) is 24.5 Å². The summed E-state index contributed by atoms with van der Waals surface area (Å²) in [7, 11) is 3.99. The van der Waals surface area contributed by atoms with Gasteiger partial charge in [0, 0.05) is 26.2 Å². The van der Waals surface area contributed by atoms with Crippen molar-refractivity contribution in [3.63, 3.8) is 0 Å². The molecule has 1 aliphatic rings. The Labute approximate surface area is 79.9 Å². The number of Topliss-reactive ketones (excluding diaryl/α,β-unsaturated/α-hetero) is 1. The number of rotatable bonds is 1. The monoisotopic (exact) mass is 179 g/mol. The molecule has 1 unspecified atom stereocenters. The Morgan fingerprint density at radius 1 is 1.54 bits per heavy atom. The normalized spacial score (nSPS) is 26.2. The van der Waals surface area contributed by atoms with Gasteiger partial charge in [0.2, 0.25) is 0 Å². The summed E-state index contributed by atoms with van der Waals surface area (Å²) in [6, 6.07) is 0. The van der Waals surface area contributed by atoms with E-state index in [9.17, 15) is 4.79 Å². The summed E-state index contributed by atoms with van der Waals surface area (Å²) in [6.07, 6.45) is 4.93. The fraction of sp³-hybridized carbons (Fsp3) is 0.545. The highest BCUT2D eigenvalue weighted by molar-refractivity contribution is 5.98.